The second-order valence-electron chi connectivity index (χ2n) is 7.61. The molecule has 7 nitrogen and oxygen atoms in total. The summed E-state index contributed by atoms with van der Waals surface area (Å²) in [6, 6.07) is 21.8. The fourth-order valence-corrected chi connectivity index (χ4v) is 4.40. The van der Waals surface area contributed by atoms with E-state index < -0.39 is 28.5 Å². The first-order valence-corrected chi connectivity index (χ1v) is 11.8. The Morgan fingerprint density at radius 2 is 1.64 bits per heavy atom. The molecule has 0 radical (unpaired) electrons. The van der Waals surface area contributed by atoms with Crippen LogP contribution in [0.4, 0.5) is 5.69 Å². The van der Waals surface area contributed by atoms with Gasteiger partial charge in [0.2, 0.25) is 0 Å². The van der Waals surface area contributed by atoms with Crippen molar-refractivity contribution in [3.63, 3.8) is 0 Å². The number of hydrogen-bond acceptors (Lipinski definition) is 5. The molecular formula is C25H26N2O5S. The molecular weight excluding hydrogens is 440 g/mol. The van der Waals surface area contributed by atoms with Crippen LogP contribution < -0.4 is 9.62 Å². The van der Waals surface area contributed by atoms with Gasteiger partial charge in [0.15, 0.2) is 6.61 Å². The fourth-order valence-electron chi connectivity index (χ4n) is 3.16. The first-order valence-electron chi connectivity index (χ1n) is 10.4. The average molecular weight is 467 g/mol. The Balaban J connectivity index is 1.65. The lowest BCUT2D eigenvalue weighted by molar-refractivity contribution is -0.124. The van der Waals surface area contributed by atoms with E-state index >= 15 is 0 Å². The Morgan fingerprint density at radius 1 is 0.970 bits per heavy atom. The van der Waals surface area contributed by atoms with Crippen molar-refractivity contribution < 1.29 is 22.7 Å². The Kier molecular flexibility index (Phi) is 7.50. The molecule has 1 amide bonds. The summed E-state index contributed by atoms with van der Waals surface area (Å²) >= 11 is 0. The van der Waals surface area contributed by atoms with Crippen LogP contribution in [0.1, 0.15) is 34.5 Å². The number of benzene rings is 3. The zero-order valence-corrected chi connectivity index (χ0v) is 19.5. The number of aryl methyl sites for hydroxylation is 1. The van der Waals surface area contributed by atoms with Crippen LogP contribution in [-0.2, 0) is 19.6 Å². The fraction of sp³-hybridized carbons (Fsp3) is 0.200. The lowest BCUT2D eigenvalue weighted by Crippen LogP contribution is -2.31. The van der Waals surface area contributed by atoms with Gasteiger partial charge in [-0.2, -0.15) is 0 Å². The molecule has 0 aliphatic heterocycles. The van der Waals surface area contributed by atoms with Gasteiger partial charge in [0.05, 0.1) is 22.2 Å². The standard InChI is InChI=1S/C25H26N2O5S/c1-18-12-14-22(15-13-18)27(3)33(30,31)23-11-7-10-21(16-23)25(29)32-17-24(28)26-19(2)20-8-5-4-6-9-20/h4-16,19H,17H2,1-3H3,(H,26,28)/t19-/m0/s1. The minimum atomic E-state index is -3.89. The summed E-state index contributed by atoms with van der Waals surface area (Å²) in [4.78, 5) is 24.6. The van der Waals surface area contributed by atoms with E-state index in [1.165, 1.54) is 31.3 Å². The SMILES string of the molecule is Cc1ccc(N(C)S(=O)(=O)c2cccc(C(=O)OCC(=O)N[C@@H](C)c3ccccc3)c2)cc1. The lowest BCUT2D eigenvalue weighted by Gasteiger charge is -2.20. The van der Waals surface area contributed by atoms with Crippen LogP contribution in [-0.4, -0.2) is 33.9 Å². The quantitative estimate of drug-likeness (QED) is 0.509. The van der Waals surface area contributed by atoms with Crippen molar-refractivity contribution in [2.24, 2.45) is 0 Å². The molecule has 0 aromatic heterocycles. The first-order chi connectivity index (χ1) is 15.7. The Hall–Kier alpha value is -3.65. The number of sulfonamides is 1. The van der Waals surface area contributed by atoms with Gasteiger partial charge in [-0.15, -0.1) is 0 Å². The third-order valence-electron chi connectivity index (χ3n) is 5.14. The van der Waals surface area contributed by atoms with E-state index in [2.05, 4.69) is 5.32 Å². The Morgan fingerprint density at radius 3 is 2.30 bits per heavy atom. The van der Waals surface area contributed by atoms with Crippen molar-refractivity contribution in [3.05, 3.63) is 95.6 Å². The third kappa shape index (κ3) is 5.98. The van der Waals surface area contributed by atoms with Crippen LogP contribution in [0.2, 0.25) is 0 Å². The number of esters is 1. The molecule has 0 saturated heterocycles. The van der Waals surface area contributed by atoms with Crippen molar-refractivity contribution >= 4 is 27.6 Å². The first kappa shape index (κ1) is 24.0. The van der Waals surface area contributed by atoms with E-state index in [0.717, 1.165) is 15.4 Å². The predicted molar refractivity (Wildman–Crippen MR) is 126 cm³/mol. The number of rotatable bonds is 8. The normalized spacial score (nSPS) is 12.0. The van der Waals surface area contributed by atoms with Gasteiger partial charge in [0.1, 0.15) is 0 Å². The molecule has 8 heteroatoms. The molecule has 33 heavy (non-hydrogen) atoms. The Bertz CT molecular complexity index is 1230. The molecule has 0 unspecified atom stereocenters. The van der Waals surface area contributed by atoms with Gasteiger partial charge < -0.3 is 10.1 Å². The van der Waals surface area contributed by atoms with Crippen LogP contribution in [0.15, 0.2) is 83.8 Å². The molecule has 0 heterocycles. The number of nitrogens with zero attached hydrogens (tertiary/aromatic N) is 1. The van der Waals surface area contributed by atoms with Crippen molar-refractivity contribution in [2.75, 3.05) is 18.0 Å². The van der Waals surface area contributed by atoms with Crippen molar-refractivity contribution in [1.29, 1.82) is 0 Å². The molecule has 0 fully saturated rings. The number of hydrogen-bond donors (Lipinski definition) is 1. The van der Waals surface area contributed by atoms with Gasteiger partial charge in [-0.1, -0.05) is 54.1 Å². The number of anilines is 1. The van der Waals surface area contributed by atoms with Gasteiger partial charge in [-0.3, -0.25) is 9.10 Å². The van der Waals surface area contributed by atoms with Crippen LogP contribution in [0, 0.1) is 6.92 Å². The predicted octanol–water partition coefficient (Wildman–Crippen LogP) is 3.85. The molecule has 0 aliphatic carbocycles. The van der Waals surface area contributed by atoms with Crippen LogP contribution in [0.25, 0.3) is 0 Å². The molecule has 3 aromatic rings. The summed E-state index contributed by atoms with van der Waals surface area (Å²) in [5.41, 5.74) is 2.47. The molecule has 0 spiro atoms. The number of carbonyl (C=O) groups excluding carboxylic acids is 2. The van der Waals surface area contributed by atoms with Crippen LogP contribution in [0.3, 0.4) is 0 Å². The molecule has 172 valence electrons. The number of amides is 1. The molecule has 0 bridgehead atoms. The van der Waals surface area contributed by atoms with E-state index in [1.54, 1.807) is 12.1 Å². The summed E-state index contributed by atoms with van der Waals surface area (Å²) in [7, 11) is -2.44. The highest BCUT2D eigenvalue weighted by Crippen LogP contribution is 2.23. The monoisotopic (exact) mass is 466 g/mol. The van der Waals surface area contributed by atoms with Gasteiger partial charge in [-0.05, 0) is 49.7 Å². The molecule has 0 aliphatic rings. The second-order valence-corrected chi connectivity index (χ2v) is 9.58. The summed E-state index contributed by atoms with van der Waals surface area (Å²) in [5, 5.41) is 2.76. The molecule has 1 N–H and O–H groups in total. The maximum atomic E-state index is 13.0. The number of nitrogens with one attached hydrogen (secondary N) is 1. The lowest BCUT2D eigenvalue weighted by atomic mass is 10.1. The number of ether oxygens (including phenoxy) is 1. The van der Waals surface area contributed by atoms with Crippen molar-refractivity contribution in [1.82, 2.24) is 5.32 Å². The summed E-state index contributed by atoms with van der Waals surface area (Å²) in [6.07, 6.45) is 0. The van der Waals surface area contributed by atoms with E-state index in [1.807, 2.05) is 56.3 Å². The summed E-state index contributed by atoms with van der Waals surface area (Å²) in [5.74, 6) is -1.24. The van der Waals surface area contributed by atoms with E-state index in [0.29, 0.717) is 5.69 Å². The van der Waals surface area contributed by atoms with Gasteiger partial charge in [0.25, 0.3) is 15.9 Å². The maximum Gasteiger partial charge on any atom is 0.338 e. The maximum absolute atomic E-state index is 13.0. The third-order valence-corrected chi connectivity index (χ3v) is 6.92. The minimum Gasteiger partial charge on any atom is -0.452 e. The molecule has 1 atom stereocenters. The molecule has 3 aromatic carbocycles. The van der Waals surface area contributed by atoms with Crippen molar-refractivity contribution in [3.8, 4) is 0 Å². The highest BCUT2D eigenvalue weighted by molar-refractivity contribution is 7.92. The average Bonchev–Trinajstić information content (AvgIpc) is 2.83. The molecule has 3 rings (SSSR count). The van der Waals surface area contributed by atoms with Crippen LogP contribution in [0.5, 0.6) is 0 Å². The Labute approximate surface area is 194 Å². The summed E-state index contributed by atoms with van der Waals surface area (Å²) < 4.78 is 32.3. The van der Waals surface area contributed by atoms with Gasteiger partial charge in [0, 0.05) is 7.05 Å². The van der Waals surface area contributed by atoms with E-state index in [9.17, 15) is 18.0 Å². The van der Waals surface area contributed by atoms with Gasteiger partial charge >= 0.3 is 5.97 Å². The largest absolute Gasteiger partial charge is 0.452 e. The topological polar surface area (TPSA) is 92.8 Å². The zero-order chi connectivity index (χ0) is 24.0. The van der Waals surface area contributed by atoms with Gasteiger partial charge in [-0.25, -0.2) is 13.2 Å². The molecule has 0 saturated carbocycles. The highest BCUT2D eigenvalue weighted by atomic mass is 32.2. The van der Waals surface area contributed by atoms with E-state index in [-0.39, 0.29) is 16.5 Å². The second kappa shape index (κ2) is 10.3. The minimum absolute atomic E-state index is 0.0392. The summed E-state index contributed by atoms with van der Waals surface area (Å²) in [6.45, 7) is 3.26. The van der Waals surface area contributed by atoms with E-state index in [4.69, 9.17) is 4.74 Å². The van der Waals surface area contributed by atoms with Crippen LogP contribution >= 0.6 is 0 Å². The smallest absolute Gasteiger partial charge is 0.338 e. The number of carbonyl (C=O) groups is 2. The zero-order valence-electron chi connectivity index (χ0n) is 18.7. The highest BCUT2D eigenvalue weighted by Gasteiger charge is 2.23. The van der Waals surface area contributed by atoms with Crippen molar-refractivity contribution in [2.45, 2.75) is 24.8 Å².